The minimum atomic E-state index is 0.456. The molecule has 2 heterocycles. The number of nitrogens with zero attached hydrogens (tertiary/aromatic N) is 4. The molecule has 0 saturated heterocycles. The van der Waals surface area contributed by atoms with Crippen molar-refractivity contribution in [1.82, 2.24) is 25.0 Å². The number of methoxy groups -OCH3 is 1. The first-order chi connectivity index (χ1) is 6.81. The predicted molar refractivity (Wildman–Crippen MR) is 49.3 cm³/mol. The van der Waals surface area contributed by atoms with E-state index >= 15 is 0 Å². The monoisotopic (exact) mass is 193 g/mol. The molecule has 0 aliphatic heterocycles. The van der Waals surface area contributed by atoms with Crippen LogP contribution in [0.25, 0.3) is 11.5 Å². The van der Waals surface area contributed by atoms with Crippen LogP contribution in [-0.4, -0.2) is 32.1 Å². The number of aromatic nitrogens is 5. The molecule has 6 heteroatoms. The minimum Gasteiger partial charge on any atom is -0.377 e. The van der Waals surface area contributed by atoms with Gasteiger partial charge in [0.15, 0.2) is 11.6 Å². The van der Waals surface area contributed by atoms with Gasteiger partial charge in [-0.1, -0.05) is 0 Å². The molecular formula is C8H11N5O. The van der Waals surface area contributed by atoms with Gasteiger partial charge in [0.1, 0.15) is 12.3 Å². The van der Waals surface area contributed by atoms with Crippen molar-refractivity contribution in [1.29, 1.82) is 0 Å². The molecule has 2 aromatic heterocycles. The molecule has 0 atom stereocenters. The number of ether oxygens (including phenoxy) is 1. The molecule has 0 fully saturated rings. The average Bonchev–Trinajstić information content (AvgIpc) is 2.76. The molecule has 0 aliphatic carbocycles. The third kappa shape index (κ3) is 1.51. The van der Waals surface area contributed by atoms with Gasteiger partial charge < -0.3 is 4.74 Å². The lowest BCUT2D eigenvalue weighted by Crippen LogP contribution is -2.00. The van der Waals surface area contributed by atoms with E-state index in [0.717, 1.165) is 11.5 Å². The number of aryl methyl sites for hydroxylation is 1. The number of rotatable bonds is 3. The van der Waals surface area contributed by atoms with E-state index in [9.17, 15) is 0 Å². The Kier molecular flexibility index (Phi) is 2.28. The number of hydrogen-bond acceptors (Lipinski definition) is 4. The quantitative estimate of drug-likeness (QED) is 0.763. The Balaban J connectivity index is 2.33. The van der Waals surface area contributed by atoms with Gasteiger partial charge in [-0.15, -0.1) is 5.10 Å². The van der Waals surface area contributed by atoms with Crippen molar-refractivity contribution in [2.45, 2.75) is 6.61 Å². The van der Waals surface area contributed by atoms with Crippen LogP contribution in [0.5, 0.6) is 0 Å². The number of nitrogens with one attached hydrogen (secondary N) is 1. The van der Waals surface area contributed by atoms with Crippen LogP contribution in [0.15, 0.2) is 12.3 Å². The summed E-state index contributed by atoms with van der Waals surface area (Å²) in [5, 5.41) is 10.9. The summed E-state index contributed by atoms with van der Waals surface area (Å²) in [6.07, 6.45) is 1.67. The maximum absolute atomic E-state index is 4.99. The Bertz CT molecular complexity index is 405. The first-order valence-corrected chi connectivity index (χ1v) is 4.20. The van der Waals surface area contributed by atoms with Crippen LogP contribution in [-0.2, 0) is 18.4 Å². The van der Waals surface area contributed by atoms with Crippen molar-refractivity contribution >= 4 is 0 Å². The zero-order valence-electron chi connectivity index (χ0n) is 8.06. The molecule has 1 N–H and O–H groups in total. The van der Waals surface area contributed by atoms with E-state index in [2.05, 4.69) is 20.3 Å². The molecule has 0 aromatic carbocycles. The van der Waals surface area contributed by atoms with E-state index in [0.29, 0.717) is 12.4 Å². The molecular weight excluding hydrogens is 182 g/mol. The van der Waals surface area contributed by atoms with E-state index in [-0.39, 0.29) is 0 Å². The van der Waals surface area contributed by atoms with Crippen molar-refractivity contribution in [2.75, 3.05) is 7.11 Å². The first-order valence-electron chi connectivity index (χ1n) is 4.20. The maximum Gasteiger partial charge on any atom is 0.199 e. The van der Waals surface area contributed by atoms with E-state index in [1.54, 1.807) is 18.0 Å². The molecule has 6 nitrogen and oxygen atoms in total. The van der Waals surface area contributed by atoms with Gasteiger partial charge in [0, 0.05) is 20.4 Å². The highest BCUT2D eigenvalue weighted by Gasteiger charge is 2.09. The second-order valence-corrected chi connectivity index (χ2v) is 2.88. The number of aromatic amines is 1. The van der Waals surface area contributed by atoms with Crippen molar-refractivity contribution in [3.05, 3.63) is 18.1 Å². The van der Waals surface area contributed by atoms with Gasteiger partial charge in [0.25, 0.3) is 0 Å². The highest BCUT2D eigenvalue weighted by Crippen LogP contribution is 2.11. The lowest BCUT2D eigenvalue weighted by molar-refractivity contribution is 0.174. The summed E-state index contributed by atoms with van der Waals surface area (Å²) in [4.78, 5) is 4.30. The van der Waals surface area contributed by atoms with E-state index in [4.69, 9.17) is 4.74 Å². The Morgan fingerprint density at radius 3 is 3.07 bits per heavy atom. The second-order valence-electron chi connectivity index (χ2n) is 2.88. The average molecular weight is 193 g/mol. The molecule has 0 amide bonds. The summed E-state index contributed by atoms with van der Waals surface area (Å²) in [6.45, 7) is 0.456. The molecule has 0 bridgehead atoms. The van der Waals surface area contributed by atoms with Crippen molar-refractivity contribution < 1.29 is 4.74 Å². The fourth-order valence-electron chi connectivity index (χ4n) is 1.17. The van der Waals surface area contributed by atoms with Crippen LogP contribution in [0, 0.1) is 0 Å². The van der Waals surface area contributed by atoms with Crippen LogP contribution >= 0.6 is 0 Å². The molecule has 0 aliphatic rings. The van der Waals surface area contributed by atoms with Gasteiger partial charge in [0.05, 0.1) is 0 Å². The summed E-state index contributed by atoms with van der Waals surface area (Å²) in [5.41, 5.74) is 0.808. The van der Waals surface area contributed by atoms with E-state index in [1.165, 1.54) is 0 Å². The van der Waals surface area contributed by atoms with Crippen molar-refractivity contribution in [3.63, 3.8) is 0 Å². The van der Waals surface area contributed by atoms with Gasteiger partial charge in [-0.25, -0.2) is 4.98 Å². The minimum absolute atomic E-state index is 0.456. The van der Waals surface area contributed by atoms with Gasteiger partial charge in [0.2, 0.25) is 0 Å². The fraction of sp³-hybridized carbons (Fsp3) is 0.375. The van der Waals surface area contributed by atoms with Gasteiger partial charge in [-0.2, -0.15) is 5.10 Å². The third-order valence-corrected chi connectivity index (χ3v) is 1.87. The van der Waals surface area contributed by atoms with Crippen LogP contribution in [0.3, 0.4) is 0 Å². The second kappa shape index (κ2) is 3.59. The molecule has 0 saturated carbocycles. The summed E-state index contributed by atoms with van der Waals surface area (Å²) in [5.74, 6) is 1.43. The van der Waals surface area contributed by atoms with Gasteiger partial charge >= 0.3 is 0 Å². The molecule has 0 unspecified atom stereocenters. The van der Waals surface area contributed by atoms with Crippen LogP contribution in [0.1, 0.15) is 5.82 Å². The Labute approximate surface area is 80.9 Å². The SMILES string of the molecule is COCc1nc(-c2ccn[nH]2)nn1C. The number of hydrogen-bond donors (Lipinski definition) is 1. The third-order valence-electron chi connectivity index (χ3n) is 1.87. The zero-order chi connectivity index (χ0) is 9.97. The van der Waals surface area contributed by atoms with E-state index in [1.807, 2.05) is 13.1 Å². The van der Waals surface area contributed by atoms with Gasteiger partial charge in [-0.05, 0) is 6.07 Å². The summed E-state index contributed by atoms with van der Waals surface area (Å²) in [6, 6.07) is 1.83. The van der Waals surface area contributed by atoms with Crippen molar-refractivity contribution in [2.24, 2.45) is 7.05 Å². The lowest BCUT2D eigenvalue weighted by atomic mass is 10.4. The molecule has 2 aromatic rings. The standard InChI is InChI=1S/C8H11N5O/c1-13-7(5-14-2)10-8(12-13)6-3-4-9-11-6/h3-4H,5H2,1-2H3,(H,9,11). The molecule has 14 heavy (non-hydrogen) atoms. The lowest BCUT2D eigenvalue weighted by Gasteiger charge is -1.94. The highest BCUT2D eigenvalue weighted by atomic mass is 16.5. The Hall–Kier alpha value is -1.69. The largest absolute Gasteiger partial charge is 0.377 e. The fourth-order valence-corrected chi connectivity index (χ4v) is 1.17. The maximum atomic E-state index is 4.99. The van der Waals surface area contributed by atoms with E-state index < -0.39 is 0 Å². The van der Waals surface area contributed by atoms with Crippen LogP contribution in [0.4, 0.5) is 0 Å². The molecule has 0 spiro atoms. The smallest absolute Gasteiger partial charge is 0.199 e. The van der Waals surface area contributed by atoms with Crippen molar-refractivity contribution in [3.8, 4) is 11.5 Å². The molecule has 0 radical (unpaired) electrons. The topological polar surface area (TPSA) is 68.6 Å². The normalized spacial score (nSPS) is 10.7. The van der Waals surface area contributed by atoms with Crippen LogP contribution in [0.2, 0.25) is 0 Å². The Morgan fingerprint density at radius 1 is 1.57 bits per heavy atom. The van der Waals surface area contributed by atoms with Gasteiger partial charge in [-0.3, -0.25) is 9.78 Å². The summed E-state index contributed by atoms with van der Waals surface area (Å²) < 4.78 is 6.68. The highest BCUT2D eigenvalue weighted by molar-refractivity contribution is 5.46. The zero-order valence-corrected chi connectivity index (χ0v) is 8.06. The van der Waals surface area contributed by atoms with Crippen LogP contribution < -0.4 is 0 Å². The summed E-state index contributed by atoms with van der Waals surface area (Å²) in [7, 11) is 3.46. The predicted octanol–water partition coefficient (Wildman–Crippen LogP) is 0.352. The first kappa shape index (κ1) is 8.89. The molecule has 2 rings (SSSR count). The Morgan fingerprint density at radius 2 is 2.43 bits per heavy atom. The molecule has 74 valence electrons. The summed E-state index contributed by atoms with van der Waals surface area (Å²) >= 11 is 0. The number of H-pyrrole nitrogens is 1.